The van der Waals surface area contributed by atoms with Gasteiger partial charge in [0.1, 0.15) is 13.2 Å². The van der Waals surface area contributed by atoms with Crippen LogP contribution in [-0.4, -0.2) is 37.2 Å². The highest BCUT2D eigenvalue weighted by Gasteiger charge is 2.19. The number of unbranched alkanes of at least 4 members (excludes halogenated alkanes) is 26. The Bertz CT molecular complexity index is 868. The summed E-state index contributed by atoms with van der Waals surface area (Å²) in [7, 11) is 0. The van der Waals surface area contributed by atoms with E-state index in [9.17, 15) is 14.4 Å². The number of hydrogen-bond donors (Lipinski definition) is 0. The number of hydrogen-bond acceptors (Lipinski definition) is 6. The lowest BCUT2D eigenvalue weighted by Gasteiger charge is -2.18. The van der Waals surface area contributed by atoms with Gasteiger partial charge in [-0.25, -0.2) is 0 Å². The van der Waals surface area contributed by atoms with E-state index >= 15 is 0 Å². The second-order valence-electron chi connectivity index (χ2n) is 18.5. The highest BCUT2D eigenvalue weighted by Crippen LogP contribution is 2.17. The molecule has 0 heterocycles. The van der Waals surface area contributed by atoms with E-state index in [0.717, 1.165) is 75.5 Å². The van der Waals surface area contributed by atoms with Gasteiger partial charge in [0.25, 0.3) is 0 Å². The topological polar surface area (TPSA) is 78.9 Å². The average Bonchev–Trinajstić information content (AvgIpc) is 3.15. The summed E-state index contributed by atoms with van der Waals surface area (Å²) in [6, 6.07) is 0. The van der Waals surface area contributed by atoms with Crippen molar-refractivity contribution in [1.82, 2.24) is 0 Å². The maximum absolute atomic E-state index is 12.8. The standard InChI is InChI=1S/C50H96O6/c1-44(2)36-30-24-18-13-10-8-7-9-11-15-22-29-35-41-50(53)56-47(43-55-49(52)40-34-28-23-17-20-26-32-38-46(5)6)42-54-48(51)39-33-27-21-16-12-14-19-25-31-37-45(3)4/h44-47H,7-43H2,1-6H3/t47-/m0/s1. The fraction of sp³-hybridized carbons (Fsp3) is 0.940. The zero-order valence-electron chi connectivity index (χ0n) is 38.4. The van der Waals surface area contributed by atoms with Crippen LogP contribution in [0.15, 0.2) is 0 Å². The molecule has 0 aliphatic rings. The van der Waals surface area contributed by atoms with Crippen molar-refractivity contribution in [1.29, 1.82) is 0 Å². The first-order valence-electron chi connectivity index (χ1n) is 24.6. The van der Waals surface area contributed by atoms with Crippen molar-refractivity contribution in [3.8, 4) is 0 Å². The molecule has 0 N–H and O–H groups in total. The average molecular weight is 793 g/mol. The molecule has 1 atom stereocenters. The van der Waals surface area contributed by atoms with Crippen molar-refractivity contribution in [3.05, 3.63) is 0 Å². The number of esters is 3. The summed E-state index contributed by atoms with van der Waals surface area (Å²) < 4.78 is 16.8. The Hall–Kier alpha value is -1.59. The van der Waals surface area contributed by atoms with Gasteiger partial charge < -0.3 is 14.2 Å². The molecule has 0 saturated carbocycles. The quantitative estimate of drug-likeness (QED) is 0.0348. The molecule has 56 heavy (non-hydrogen) atoms. The summed E-state index contributed by atoms with van der Waals surface area (Å²) in [5.74, 6) is 1.57. The number of rotatable bonds is 43. The van der Waals surface area contributed by atoms with Crippen LogP contribution in [0.4, 0.5) is 0 Å². The molecule has 0 spiro atoms. The summed E-state index contributed by atoms with van der Waals surface area (Å²) in [4.78, 5) is 37.8. The van der Waals surface area contributed by atoms with Gasteiger partial charge in [-0.15, -0.1) is 0 Å². The monoisotopic (exact) mass is 793 g/mol. The van der Waals surface area contributed by atoms with E-state index in [2.05, 4.69) is 41.5 Å². The molecule has 0 amide bonds. The Morgan fingerprint density at radius 2 is 0.518 bits per heavy atom. The van der Waals surface area contributed by atoms with Crippen LogP contribution in [0, 0.1) is 17.8 Å². The summed E-state index contributed by atoms with van der Waals surface area (Å²) >= 11 is 0. The Morgan fingerprint density at radius 1 is 0.304 bits per heavy atom. The van der Waals surface area contributed by atoms with Crippen LogP contribution < -0.4 is 0 Å². The van der Waals surface area contributed by atoms with Gasteiger partial charge in [0.15, 0.2) is 6.10 Å². The van der Waals surface area contributed by atoms with Gasteiger partial charge in [0.05, 0.1) is 0 Å². The summed E-state index contributed by atoms with van der Waals surface area (Å²) in [5, 5.41) is 0. The molecular weight excluding hydrogens is 697 g/mol. The van der Waals surface area contributed by atoms with Gasteiger partial charge in [0, 0.05) is 19.3 Å². The Morgan fingerprint density at radius 3 is 0.768 bits per heavy atom. The lowest BCUT2D eigenvalue weighted by Crippen LogP contribution is -2.30. The first kappa shape index (κ1) is 54.4. The van der Waals surface area contributed by atoms with Crippen molar-refractivity contribution >= 4 is 17.9 Å². The van der Waals surface area contributed by atoms with Crippen molar-refractivity contribution in [2.24, 2.45) is 17.8 Å². The molecule has 332 valence electrons. The summed E-state index contributed by atoms with van der Waals surface area (Å²) in [6.45, 7) is 13.6. The third-order valence-corrected chi connectivity index (χ3v) is 11.1. The van der Waals surface area contributed by atoms with E-state index in [1.165, 1.54) is 148 Å². The van der Waals surface area contributed by atoms with Gasteiger partial charge in [-0.3, -0.25) is 14.4 Å². The van der Waals surface area contributed by atoms with E-state index in [1.807, 2.05) is 0 Å². The maximum atomic E-state index is 12.8. The van der Waals surface area contributed by atoms with Crippen LogP contribution in [-0.2, 0) is 28.6 Å². The molecule has 0 saturated heterocycles. The number of carbonyl (C=O) groups excluding carboxylic acids is 3. The highest BCUT2D eigenvalue weighted by atomic mass is 16.6. The minimum Gasteiger partial charge on any atom is -0.462 e. The normalized spacial score (nSPS) is 12.2. The molecule has 0 aliphatic carbocycles. The van der Waals surface area contributed by atoms with Crippen LogP contribution >= 0.6 is 0 Å². The molecule has 0 fully saturated rings. The molecular formula is C50H96O6. The fourth-order valence-electron chi connectivity index (χ4n) is 7.41. The largest absolute Gasteiger partial charge is 0.462 e. The zero-order valence-corrected chi connectivity index (χ0v) is 38.4. The molecule has 6 nitrogen and oxygen atoms in total. The predicted octanol–water partition coefficient (Wildman–Crippen LogP) is 15.6. The van der Waals surface area contributed by atoms with Gasteiger partial charge in [0.2, 0.25) is 0 Å². The molecule has 0 bridgehead atoms. The zero-order chi connectivity index (χ0) is 41.3. The smallest absolute Gasteiger partial charge is 0.306 e. The Kier molecular flexibility index (Phi) is 40.4. The lowest BCUT2D eigenvalue weighted by molar-refractivity contribution is -0.167. The van der Waals surface area contributed by atoms with Crippen molar-refractivity contribution < 1.29 is 28.6 Å². The lowest BCUT2D eigenvalue weighted by atomic mass is 10.0. The van der Waals surface area contributed by atoms with Crippen LogP contribution in [0.25, 0.3) is 0 Å². The predicted molar refractivity (Wildman–Crippen MR) is 238 cm³/mol. The van der Waals surface area contributed by atoms with Crippen molar-refractivity contribution in [2.75, 3.05) is 13.2 Å². The maximum Gasteiger partial charge on any atom is 0.306 e. The minimum absolute atomic E-state index is 0.0659. The first-order chi connectivity index (χ1) is 27.1. The van der Waals surface area contributed by atoms with Gasteiger partial charge in [-0.2, -0.15) is 0 Å². The van der Waals surface area contributed by atoms with Crippen molar-refractivity contribution in [2.45, 2.75) is 272 Å². The first-order valence-corrected chi connectivity index (χ1v) is 24.6. The number of ether oxygens (including phenoxy) is 3. The third kappa shape index (κ3) is 43.5. The molecule has 0 aliphatic heterocycles. The van der Waals surface area contributed by atoms with Crippen LogP contribution in [0.5, 0.6) is 0 Å². The van der Waals surface area contributed by atoms with Crippen LogP contribution in [0.1, 0.15) is 266 Å². The van der Waals surface area contributed by atoms with E-state index < -0.39 is 6.10 Å². The molecule has 0 aromatic rings. The molecule has 0 unspecified atom stereocenters. The van der Waals surface area contributed by atoms with Gasteiger partial charge in [-0.1, -0.05) is 228 Å². The highest BCUT2D eigenvalue weighted by molar-refractivity contribution is 5.71. The second kappa shape index (κ2) is 41.6. The molecule has 0 aromatic carbocycles. The molecule has 0 radical (unpaired) electrons. The SMILES string of the molecule is CC(C)CCCCCCCCCCCCCCCC(=O)O[C@@H](COC(=O)CCCCCCCCCCCC(C)C)COC(=O)CCCCCCCCCC(C)C. The Labute approximate surface area is 348 Å². The van der Waals surface area contributed by atoms with Crippen LogP contribution in [0.3, 0.4) is 0 Å². The van der Waals surface area contributed by atoms with E-state index in [1.54, 1.807) is 0 Å². The second-order valence-corrected chi connectivity index (χ2v) is 18.5. The molecule has 6 heteroatoms. The molecule has 0 rings (SSSR count). The van der Waals surface area contributed by atoms with Crippen LogP contribution in [0.2, 0.25) is 0 Å². The molecule has 0 aromatic heterocycles. The van der Waals surface area contributed by atoms with E-state index in [0.29, 0.717) is 19.3 Å². The minimum atomic E-state index is -0.762. The Balaban J connectivity index is 4.31. The van der Waals surface area contributed by atoms with Gasteiger partial charge in [-0.05, 0) is 37.0 Å². The van der Waals surface area contributed by atoms with E-state index in [-0.39, 0.29) is 31.1 Å². The summed E-state index contributed by atoms with van der Waals surface area (Å²) in [6.07, 6.45) is 39.6. The fourth-order valence-corrected chi connectivity index (χ4v) is 7.41. The summed E-state index contributed by atoms with van der Waals surface area (Å²) in [5.41, 5.74) is 0. The van der Waals surface area contributed by atoms with Crippen molar-refractivity contribution in [3.63, 3.8) is 0 Å². The third-order valence-electron chi connectivity index (χ3n) is 11.1. The number of carbonyl (C=O) groups is 3. The van der Waals surface area contributed by atoms with E-state index in [4.69, 9.17) is 14.2 Å². The van der Waals surface area contributed by atoms with Gasteiger partial charge >= 0.3 is 17.9 Å².